The molecule has 0 radical (unpaired) electrons. The molecule has 0 aromatic heterocycles. The van der Waals surface area contributed by atoms with Crippen LogP contribution in [0.25, 0.3) is 0 Å². The van der Waals surface area contributed by atoms with Crippen molar-refractivity contribution in [1.82, 2.24) is 15.5 Å². The summed E-state index contributed by atoms with van der Waals surface area (Å²) in [6.07, 6.45) is 0.971. The molecule has 0 spiro atoms. The van der Waals surface area contributed by atoms with Gasteiger partial charge in [-0.3, -0.25) is 9.69 Å². The first kappa shape index (κ1) is 15.5. The van der Waals surface area contributed by atoms with Gasteiger partial charge in [0.1, 0.15) is 12.6 Å². The largest absolute Gasteiger partial charge is 0.480 e. The number of carbonyl (C=O) groups is 3. The highest BCUT2D eigenvalue weighted by atomic mass is 32.2. The van der Waals surface area contributed by atoms with E-state index in [1.54, 1.807) is 0 Å². The number of aliphatic carboxylic acids is 1. The third-order valence-electron chi connectivity index (χ3n) is 3.52. The maximum Gasteiger partial charge on any atom is 0.328 e. The maximum absolute atomic E-state index is 12.1. The molecule has 2 unspecified atom stereocenters. The second-order valence-electron chi connectivity index (χ2n) is 5.19. The summed E-state index contributed by atoms with van der Waals surface area (Å²) < 4.78 is 23.0. The highest BCUT2D eigenvalue weighted by Gasteiger charge is 2.36. The molecule has 0 saturated carbocycles. The van der Waals surface area contributed by atoms with Crippen LogP contribution in [0.4, 0.5) is 4.79 Å². The van der Waals surface area contributed by atoms with Gasteiger partial charge >= 0.3 is 12.0 Å². The topological polar surface area (TPSA) is 133 Å². The molecule has 3 amide bonds. The van der Waals surface area contributed by atoms with E-state index in [1.807, 2.05) is 0 Å². The lowest BCUT2D eigenvalue weighted by Crippen LogP contribution is -2.62. The Bertz CT molecular complexity index is 560. The SMILES string of the molecule is O=C1CN(C(=O)NC2CCCS(=O)(=O)C2)C(C(=O)O)CN1. The Balaban J connectivity index is 2.03. The summed E-state index contributed by atoms with van der Waals surface area (Å²) >= 11 is 0. The minimum Gasteiger partial charge on any atom is -0.480 e. The number of hydrogen-bond acceptors (Lipinski definition) is 5. The second kappa shape index (κ2) is 5.88. The van der Waals surface area contributed by atoms with Crippen LogP contribution >= 0.6 is 0 Å². The van der Waals surface area contributed by atoms with Gasteiger partial charge in [0, 0.05) is 12.6 Å². The number of amides is 3. The van der Waals surface area contributed by atoms with Crippen LogP contribution in [0.15, 0.2) is 0 Å². The first-order valence-electron chi connectivity index (χ1n) is 6.55. The van der Waals surface area contributed by atoms with E-state index in [9.17, 15) is 22.8 Å². The molecule has 0 aliphatic carbocycles. The monoisotopic (exact) mass is 319 g/mol. The fourth-order valence-corrected chi connectivity index (χ4v) is 4.11. The zero-order valence-electron chi connectivity index (χ0n) is 11.2. The Morgan fingerprint density at radius 2 is 2.10 bits per heavy atom. The molecule has 2 aliphatic heterocycles. The Morgan fingerprint density at radius 3 is 2.71 bits per heavy atom. The molecule has 2 heterocycles. The Morgan fingerprint density at radius 1 is 1.38 bits per heavy atom. The normalized spacial score (nSPS) is 28.6. The molecule has 3 N–H and O–H groups in total. The molecule has 2 saturated heterocycles. The summed E-state index contributed by atoms with van der Waals surface area (Å²) in [6, 6.07) is -2.42. The van der Waals surface area contributed by atoms with Crippen molar-refractivity contribution in [2.24, 2.45) is 0 Å². The predicted octanol–water partition coefficient (Wildman–Crippen LogP) is -1.84. The Labute approximate surface area is 121 Å². The predicted molar refractivity (Wildman–Crippen MR) is 71.3 cm³/mol. The van der Waals surface area contributed by atoms with E-state index < -0.39 is 39.8 Å². The van der Waals surface area contributed by atoms with Crippen LogP contribution in [0.3, 0.4) is 0 Å². The molecular weight excluding hydrogens is 302 g/mol. The average molecular weight is 319 g/mol. The summed E-state index contributed by atoms with van der Waals surface area (Å²) in [4.78, 5) is 35.5. The van der Waals surface area contributed by atoms with Gasteiger partial charge in [0.05, 0.1) is 11.5 Å². The lowest BCUT2D eigenvalue weighted by Gasteiger charge is -2.34. The van der Waals surface area contributed by atoms with E-state index in [4.69, 9.17) is 5.11 Å². The molecular formula is C11H17N3O6S. The number of carbonyl (C=O) groups excluding carboxylic acids is 2. The Hall–Kier alpha value is -1.84. The van der Waals surface area contributed by atoms with Crippen molar-refractivity contribution in [3.63, 3.8) is 0 Å². The summed E-state index contributed by atoms with van der Waals surface area (Å²) in [6.45, 7) is -0.521. The molecule has 2 fully saturated rings. The number of sulfone groups is 1. The number of urea groups is 1. The van der Waals surface area contributed by atoms with Crippen LogP contribution in [-0.2, 0) is 19.4 Å². The van der Waals surface area contributed by atoms with E-state index in [-0.39, 0.29) is 24.6 Å². The molecule has 10 heteroatoms. The number of nitrogens with zero attached hydrogens (tertiary/aromatic N) is 1. The number of piperazine rings is 1. The third kappa shape index (κ3) is 3.84. The summed E-state index contributed by atoms with van der Waals surface area (Å²) in [5, 5.41) is 14.0. The van der Waals surface area contributed by atoms with Crippen LogP contribution in [0.1, 0.15) is 12.8 Å². The number of hydrogen-bond donors (Lipinski definition) is 3. The molecule has 2 atom stereocenters. The van der Waals surface area contributed by atoms with Crippen LogP contribution < -0.4 is 10.6 Å². The zero-order valence-corrected chi connectivity index (χ0v) is 12.1. The first-order chi connectivity index (χ1) is 9.78. The van der Waals surface area contributed by atoms with Crippen molar-refractivity contribution in [1.29, 1.82) is 0 Å². The molecule has 2 aliphatic rings. The van der Waals surface area contributed by atoms with E-state index >= 15 is 0 Å². The standard InChI is InChI=1S/C11H17N3O6S/c15-9-5-14(8(4-12-9)10(16)17)11(18)13-7-2-1-3-21(19,20)6-7/h7-8H,1-6H2,(H,12,15)(H,13,18)(H,16,17). The minimum atomic E-state index is -3.18. The van der Waals surface area contributed by atoms with Crippen molar-refractivity contribution in [3.05, 3.63) is 0 Å². The Kier molecular flexibility index (Phi) is 4.35. The van der Waals surface area contributed by atoms with Crippen LogP contribution in [0, 0.1) is 0 Å². The number of rotatable bonds is 2. The summed E-state index contributed by atoms with van der Waals surface area (Å²) in [5.74, 6) is -1.72. The quantitative estimate of drug-likeness (QED) is 0.548. The zero-order chi connectivity index (χ0) is 15.6. The van der Waals surface area contributed by atoms with E-state index in [1.165, 1.54) is 0 Å². The van der Waals surface area contributed by atoms with Gasteiger partial charge in [-0.1, -0.05) is 0 Å². The van der Waals surface area contributed by atoms with Crippen molar-refractivity contribution >= 4 is 27.7 Å². The van der Waals surface area contributed by atoms with Gasteiger partial charge in [-0.15, -0.1) is 0 Å². The molecule has 21 heavy (non-hydrogen) atoms. The molecule has 9 nitrogen and oxygen atoms in total. The number of nitrogens with one attached hydrogen (secondary N) is 2. The van der Waals surface area contributed by atoms with Gasteiger partial charge < -0.3 is 15.7 Å². The molecule has 0 bridgehead atoms. The summed E-state index contributed by atoms with van der Waals surface area (Å²) in [7, 11) is -3.18. The van der Waals surface area contributed by atoms with Gasteiger partial charge in [0.25, 0.3) is 0 Å². The van der Waals surface area contributed by atoms with Crippen molar-refractivity contribution < 1.29 is 27.9 Å². The smallest absolute Gasteiger partial charge is 0.328 e. The van der Waals surface area contributed by atoms with E-state index in [0.717, 1.165) is 4.90 Å². The average Bonchev–Trinajstić information content (AvgIpc) is 2.36. The fourth-order valence-electron chi connectivity index (χ4n) is 2.47. The highest BCUT2D eigenvalue weighted by Crippen LogP contribution is 2.13. The van der Waals surface area contributed by atoms with E-state index in [0.29, 0.717) is 12.8 Å². The van der Waals surface area contributed by atoms with Gasteiger partial charge in [-0.05, 0) is 12.8 Å². The maximum atomic E-state index is 12.1. The first-order valence-corrected chi connectivity index (χ1v) is 8.38. The lowest BCUT2D eigenvalue weighted by molar-refractivity contribution is -0.144. The number of carboxylic acid groups (broad SMARTS) is 1. The lowest BCUT2D eigenvalue weighted by atomic mass is 10.1. The van der Waals surface area contributed by atoms with Crippen molar-refractivity contribution in [3.8, 4) is 0 Å². The van der Waals surface area contributed by atoms with Crippen LogP contribution in [0.5, 0.6) is 0 Å². The highest BCUT2D eigenvalue weighted by molar-refractivity contribution is 7.91. The van der Waals surface area contributed by atoms with Crippen LogP contribution in [-0.4, -0.2) is 73.0 Å². The number of carboxylic acids is 1. The fraction of sp³-hybridized carbons (Fsp3) is 0.727. The molecule has 2 rings (SSSR count). The molecule has 0 aromatic rings. The van der Waals surface area contributed by atoms with Gasteiger partial charge in [0.15, 0.2) is 9.84 Å². The molecule has 0 aromatic carbocycles. The van der Waals surface area contributed by atoms with Crippen molar-refractivity contribution in [2.75, 3.05) is 24.6 Å². The van der Waals surface area contributed by atoms with Crippen LogP contribution in [0.2, 0.25) is 0 Å². The molecule has 118 valence electrons. The van der Waals surface area contributed by atoms with Gasteiger partial charge in [-0.25, -0.2) is 18.0 Å². The van der Waals surface area contributed by atoms with Gasteiger partial charge in [-0.2, -0.15) is 0 Å². The second-order valence-corrected chi connectivity index (χ2v) is 7.42. The van der Waals surface area contributed by atoms with E-state index in [2.05, 4.69) is 10.6 Å². The third-order valence-corrected chi connectivity index (χ3v) is 5.34. The van der Waals surface area contributed by atoms with Gasteiger partial charge in [0.2, 0.25) is 5.91 Å². The van der Waals surface area contributed by atoms with Crippen molar-refractivity contribution in [2.45, 2.75) is 24.9 Å². The minimum absolute atomic E-state index is 0.100. The summed E-state index contributed by atoms with van der Waals surface area (Å²) in [5.41, 5.74) is 0.